The van der Waals surface area contributed by atoms with Crippen LogP contribution in [-0.4, -0.2) is 15.1 Å². The Morgan fingerprint density at radius 2 is 1.74 bits per heavy atom. The lowest BCUT2D eigenvalue weighted by atomic mass is 9.99. The molecule has 0 bridgehead atoms. The van der Waals surface area contributed by atoms with Gasteiger partial charge in [-0.15, -0.1) is 0 Å². The molecule has 3 nitrogen and oxygen atoms in total. The number of benzene rings is 1. The molecule has 0 saturated carbocycles. The Kier molecular flexibility index (Phi) is 3.21. The van der Waals surface area contributed by atoms with Gasteiger partial charge in [0.15, 0.2) is 0 Å². The highest BCUT2D eigenvalue weighted by molar-refractivity contribution is 5.84. The third-order valence-corrected chi connectivity index (χ3v) is 3.24. The van der Waals surface area contributed by atoms with Crippen LogP contribution in [0.4, 0.5) is 0 Å². The highest BCUT2D eigenvalue weighted by atomic mass is 16.3. The van der Waals surface area contributed by atoms with E-state index in [1.165, 1.54) is 0 Å². The molecule has 0 amide bonds. The zero-order valence-corrected chi connectivity index (χ0v) is 10.4. The second-order valence-corrected chi connectivity index (χ2v) is 4.53. The number of pyridine rings is 2. The smallest absolute Gasteiger partial charge is 0.0851 e. The number of hydrogen-bond acceptors (Lipinski definition) is 3. The van der Waals surface area contributed by atoms with E-state index in [0.717, 1.165) is 21.9 Å². The maximum absolute atomic E-state index is 10.4. The Labute approximate surface area is 111 Å². The van der Waals surface area contributed by atoms with Crippen molar-refractivity contribution in [1.82, 2.24) is 9.97 Å². The van der Waals surface area contributed by atoms with Crippen molar-refractivity contribution < 1.29 is 5.11 Å². The maximum atomic E-state index is 10.4. The quantitative estimate of drug-likeness (QED) is 0.777. The van der Waals surface area contributed by atoms with Gasteiger partial charge in [0.05, 0.1) is 6.10 Å². The fourth-order valence-electron chi connectivity index (χ4n) is 2.26. The Balaban J connectivity index is 1.96. The van der Waals surface area contributed by atoms with Crippen LogP contribution in [0.2, 0.25) is 0 Å². The van der Waals surface area contributed by atoms with Crippen molar-refractivity contribution in [3.8, 4) is 0 Å². The third-order valence-electron chi connectivity index (χ3n) is 3.24. The number of fused-ring (bicyclic) bond motifs is 1. The minimum absolute atomic E-state index is 0.555. The van der Waals surface area contributed by atoms with Crippen LogP contribution in [0.5, 0.6) is 0 Å². The molecule has 0 aliphatic rings. The zero-order chi connectivity index (χ0) is 13.1. The molecule has 1 aromatic carbocycles. The minimum atomic E-state index is -0.555. The van der Waals surface area contributed by atoms with E-state index in [1.807, 2.05) is 42.6 Å². The largest absolute Gasteiger partial charge is 0.388 e. The molecule has 0 aliphatic heterocycles. The lowest BCUT2D eigenvalue weighted by Crippen LogP contribution is -2.03. The SMILES string of the molecule is OC(Cc1ccncc1)c1cncc2ccccc12. The molecule has 1 N–H and O–H groups in total. The topological polar surface area (TPSA) is 46.0 Å². The molecule has 3 rings (SSSR count). The fourth-order valence-corrected chi connectivity index (χ4v) is 2.26. The van der Waals surface area contributed by atoms with E-state index in [2.05, 4.69) is 9.97 Å². The standard InChI is InChI=1S/C16H14N2O/c19-16(9-12-5-7-17-8-6-12)15-11-18-10-13-3-1-2-4-14(13)15/h1-8,10-11,16,19H,9H2. The molecule has 19 heavy (non-hydrogen) atoms. The van der Waals surface area contributed by atoms with Gasteiger partial charge in [0, 0.05) is 42.2 Å². The second-order valence-electron chi connectivity index (χ2n) is 4.53. The molecule has 1 atom stereocenters. The Morgan fingerprint density at radius 3 is 2.58 bits per heavy atom. The molecule has 0 saturated heterocycles. The van der Waals surface area contributed by atoms with Crippen molar-refractivity contribution >= 4 is 10.8 Å². The van der Waals surface area contributed by atoms with Gasteiger partial charge >= 0.3 is 0 Å². The molecule has 0 fully saturated rings. The summed E-state index contributed by atoms with van der Waals surface area (Å²) in [7, 11) is 0. The van der Waals surface area contributed by atoms with Gasteiger partial charge in [0.1, 0.15) is 0 Å². The van der Waals surface area contributed by atoms with E-state index in [1.54, 1.807) is 18.6 Å². The summed E-state index contributed by atoms with van der Waals surface area (Å²) in [5.74, 6) is 0. The summed E-state index contributed by atoms with van der Waals surface area (Å²) in [6.07, 6.45) is 7.05. The van der Waals surface area contributed by atoms with Gasteiger partial charge in [-0.05, 0) is 23.1 Å². The molecule has 1 unspecified atom stereocenters. The lowest BCUT2D eigenvalue weighted by molar-refractivity contribution is 0.179. The van der Waals surface area contributed by atoms with Gasteiger partial charge < -0.3 is 5.11 Å². The van der Waals surface area contributed by atoms with Gasteiger partial charge in [-0.1, -0.05) is 24.3 Å². The summed E-state index contributed by atoms with van der Waals surface area (Å²) in [5, 5.41) is 12.5. The van der Waals surface area contributed by atoms with E-state index in [4.69, 9.17) is 0 Å². The number of aliphatic hydroxyl groups is 1. The van der Waals surface area contributed by atoms with Crippen LogP contribution in [-0.2, 0) is 6.42 Å². The van der Waals surface area contributed by atoms with Crippen LogP contribution in [0, 0.1) is 0 Å². The van der Waals surface area contributed by atoms with E-state index in [9.17, 15) is 5.11 Å². The van der Waals surface area contributed by atoms with Crippen molar-refractivity contribution in [3.05, 3.63) is 72.3 Å². The first-order valence-corrected chi connectivity index (χ1v) is 6.24. The highest BCUT2D eigenvalue weighted by Gasteiger charge is 2.12. The van der Waals surface area contributed by atoms with Crippen molar-refractivity contribution in [2.75, 3.05) is 0 Å². The van der Waals surface area contributed by atoms with Crippen molar-refractivity contribution in [2.24, 2.45) is 0 Å². The second kappa shape index (κ2) is 5.16. The molecule has 0 radical (unpaired) electrons. The first-order valence-electron chi connectivity index (χ1n) is 6.24. The first-order chi connectivity index (χ1) is 9.34. The fraction of sp³-hybridized carbons (Fsp3) is 0.125. The molecule has 3 heteroatoms. The summed E-state index contributed by atoms with van der Waals surface area (Å²) in [6.45, 7) is 0. The Hall–Kier alpha value is -2.26. The monoisotopic (exact) mass is 250 g/mol. The normalized spacial score (nSPS) is 12.5. The third kappa shape index (κ3) is 2.46. The van der Waals surface area contributed by atoms with Gasteiger partial charge in [0.25, 0.3) is 0 Å². The van der Waals surface area contributed by atoms with Crippen LogP contribution in [0.25, 0.3) is 10.8 Å². The molecule has 3 aromatic rings. The number of hydrogen-bond donors (Lipinski definition) is 1. The molecular formula is C16H14N2O. The van der Waals surface area contributed by atoms with Crippen LogP contribution in [0.1, 0.15) is 17.2 Å². The van der Waals surface area contributed by atoms with Gasteiger partial charge in [-0.3, -0.25) is 9.97 Å². The minimum Gasteiger partial charge on any atom is -0.388 e. The average Bonchev–Trinajstić information content (AvgIpc) is 2.47. The number of aliphatic hydroxyl groups excluding tert-OH is 1. The van der Waals surface area contributed by atoms with E-state index in [-0.39, 0.29) is 0 Å². The number of rotatable bonds is 3. The Morgan fingerprint density at radius 1 is 0.947 bits per heavy atom. The molecule has 94 valence electrons. The lowest BCUT2D eigenvalue weighted by Gasteiger charge is -2.13. The van der Waals surface area contributed by atoms with Gasteiger partial charge in [-0.25, -0.2) is 0 Å². The summed E-state index contributed by atoms with van der Waals surface area (Å²) in [6, 6.07) is 11.8. The molecule has 2 aromatic heterocycles. The average molecular weight is 250 g/mol. The van der Waals surface area contributed by atoms with Crippen LogP contribution in [0.3, 0.4) is 0 Å². The van der Waals surface area contributed by atoms with Crippen LogP contribution >= 0.6 is 0 Å². The molecule has 0 spiro atoms. The molecule has 0 aliphatic carbocycles. The van der Waals surface area contributed by atoms with Gasteiger partial charge in [-0.2, -0.15) is 0 Å². The summed E-state index contributed by atoms with van der Waals surface area (Å²) >= 11 is 0. The molecule has 2 heterocycles. The van der Waals surface area contributed by atoms with E-state index in [0.29, 0.717) is 6.42 Å². The predicted molar refractivity (Wildman–Crippen MR) is 74.6 cm³/mol. The predicted octanol–water partition coefficient (Wildman–Crippen LogP) is 2.91. The van der Waals surface area contributed by atoms with Crippen molar-refractivity contribution in [3.63, 3.8) is 0 Å². The first kappa shape index (κ1) is 11.8. The van der Waals surface area contributed by atoms with E-state index >= 15 is 0 Å². The number of nitrogens with zero attached hydrogens (tertiary/aromatic N) is 2. The van der Waals surface area contributed by atoms with Crippen molar-refractivity contribution in [1.29, 1.82) is 0 Å². The van der Waals surface area contributed by atoms with Crippen LogP contribution < -0.4 is 0 Å². The van der Waals surface area contributed by atoms with Gasteiger partial charge in [0.2, 0.25) is 0 Å². The summed E-state index contributed by atoms with van der Waals surface area (Å²) in [4.78, 5) is 8.18. The summed E-state index contributed by atoms with van der Waals surface area (Å²) < 4.78 is 0. The Bertz CT molecular complexity index is 677. The van der Waals surface area contributed by atoms with E-state index < -0.39 is 6.10 Å². The highest BCUT2D eigenvalue weighted by Crippen LogP contribution is 2.25. The number of aromatic nitrogens is 2. The zero-order valence-electron chi connectivity index (χ0n) is 10.4. The maximum Gasteiger partial charge on any atom is 0.0851 e. The summed E-state index contributed by atoms with van der Waals surface area (Å²) in [5.41, 5.74) is 1.94. The van der Waals surface area contributed by atoms with Crippen LogP contribution in [0.15, 0.2) is 61.2 Å². The van der Waals surface area contributed by atoms with Crippen molar-refractivity contribution in [2.45, 2.75) is 12.5 Å². The molecular weight excluding hydrogens is 236 g/mol.